The molecule has 0 fully saturated rings. The van der Waals surface area contributed by atoms with Crippen molar-refractivity contribution >= 4 is 5.97 Å². The molecule has 0 saturated carbocycles. The molecule has 0 bridgehead atoms. The summed E-state index contributed by atoms with van der Waals surface area (Å²) in [5, 5.41) is 12.3. The summed E-state index contributed by atoms with van der Waals surface area (Å²) in [7, 11) is 0. The summed E-state index contributed by atoms with van der Waals surface area (Å²) in [5.74, 6) is -0.586. The van der Waals surface area contributed by atoms with Crippen LogP contribution >= 0.6 is 0 Å². The molecule has 1 aromatic rings. The Morgan fingerprint density at radius 3 is 2.70 bits per heavy atom. The van der Waals surface area contributed by atoms with Crippen molar-refractivity contribution in [1.29, 1.82) is 0 Å². The van der Waals surface area contributed by atoms with Crippen LogP contribution in [0, 0.1) is 0 Å². The Bertz CT molecular complexity index is 432. The zero-order valence-corrected chi connectivity index (χ0v) is 12.3. The van der Waals surface area contributed by atoms with Crippen molar-refractivity contribution in [2.75, 3.05) is 26.3 Å². The fraction of sp³-hybridized carbons (Fsp3) is 0.533. The van der Waals surface area contributed by atoms with E-state index >= 15 is 0 Å². The molecule has 2 N–H and O–H groups in total. The van der Waals surface area contributed by atoms with Gasteiger partial charge in [0, 0.05) is 19.7 Å². The first-order chi connectivity index (χ1) is 9.46. The van der Waals surface area contributed by atoms with Crippen LogP contribution in [0.15, 0.2) is 24.3 Å². The number of carboxylic acid groups (broad SMARTS) is 1. The number of benzene rings is 1. The first kappa shape index (κ1) is 16.5. The van der Waals surface area contributed by atoms with Crippen LogP contribution in [0.5, 0.6) is 5.75 Å². The normalized spacial score (nSPS) is 11.3. The van der Waals surface area contributed by atoms with E-state index in [9.17, 15) is 4.79 Å². The van der Waals surface area contributed by atoms with Crippen molar-refractivity contribution in [3.63, 3.8) is 0 Å². The third-order valence-electron chi connectivity index (χ3n) is 2.74. The minimum Gasteiger partial charge on any atom is -0.491 e. The molecule has 0 atom stereocenters. The molecule has 112 valence electrons. The summed E-state index contributed by atoms with van der Waals surface area (Å²) in [5.41, 5.74) is -0.0320. The van der Waals surface area contributed by atoms with E-state index in [4.69, 9.17) is 14.6 Å². The van der Waals surface area contributed by atoms with Gasteiger partial charge in [0.2, 0.25) is 0 Å². The maximum Gasteiger partial charge on any atom is 0.339 e. The highest BCUT2D eigenvalue weighted by atomic mass is 16.5. The van der Waals surface area contributed by atoms with E-state index in [1.54, 1.807) is 18.2 Å². The molecule has 0 aromatic heterocycles. The first-order valence-electron chi connectivity index (χ1n) is 6.76. The van der Waals surface area contributed by atoms with Gasteiger partial charge < -0.3 is 19.9 Å². The zero-order chi connectivity index (χ0) is 15.0. The Kier molecular flexibility index (Phi) is 6.48. The minimum atomic E-state index is -0.981. The topological polar surface area (TPSA) is 67.8 Å². The largest absolute Gasteiger partial charge is 0.491 e. The predicted molar refractivity (Wildman–Crippen MR) is 77.5 cm³/mol. The lowest BCUT2D eigenvalue weighted by Gasteiger charge is -2.25. The molecule has 0 aliphatic carbocycles. The van der Waals surface area contributed by atoms with E-state index in [2.05, 4.69) is 5.32 Å². The molecular formula is C15H23NO4. The highest BCUT2D eigenvalue weighted by Crippen LogP contribution is 2.17. The second-order valence-electron chi connectivity index (χ2n) is 5.02. The number of rotatable bonds is 9. The maximum absolute atomic E-state index is 11.0. The van der Waals surface area contributed by atoms with Gasteiger partial charge in [-0.2, -0.15) is 0 Å². The summed E-state index contributed by atoms with van der Waals surface area (Å²) >= 11 is 0. The lowest BCUT2D eigenvalue weighted by Crippen LogP contribution is -2.39. The Balaban J connectivity index is 2.33. The average molecular weight is 281 g/mol. The predicted octanol–water partition coefficient (Wildman–Crippen LogP) is 2.17. The minimum absolute atomic E-state index is 0.183. The summed E-state index contributed by atoms with van der Waals surface area (Å²) in [6.07, 6.45) is 0. The van der Waals surface area contributed by atoms with Crippen LogP contribution in [-0.4, -0.2) is 43.0 Å². The van der Waals surface area contributed by atoms with Crippen molar-refractivity contribution in [3.05, 3.63) is 29.8 Å². The monoisotopic (exact) mass is 281 g/mol. The SMILES string of the molecule is CCOC(C)(C)CNCCOc1ccccc1C(=O)O. The van der Waals surface area contributed by atoms with Crippen LogP contribution in [0.4, 0.5) is 0 Å². The van der Waals surface area contributed by atoms with Crippen LogP contribution in [0.25, 0.3) is 0 Å². The van der Waals surface area contributed by atoms with E-state index in [0.717, 1.165) is 0 Å². The molecule has 20 heavy (non-hydrogen) atoms. The average Bonchev–Trinajstić information content (AvgIpc) is 2.38. The number of nitrogens with one attached hydrogen (secondary N) is 1. The molecule has 0 spiro atoms. The van der Waals surface area contributed by atoms with Gasteiger partial charge in [-0.3, -0.25) is 0 Å². The molecular weight excluding hydrogens is 258 g/mol. The van der Waals surface area contributed by atoms with Gasteiger partial charge >= 0.3 is 5.97 Å². The maximum atomic E-state index is 11.0. The Morgan fingerprint density at radius 1 is 1.35 bits per heavy atom. The fourth-order valence-electron chi connectivity index (χ4n) is 1.83. The third-order valence-corrected chi connectivity index (χ3v) is 2.74. The number of aromatic carboxylic acids is 1. The van der Waals surface area contributed by atoms with E-state index < -0.39 is 5.97 Å². The van der Waals surface area contributed by atoms with Gasteiger partial charge in [-0.1, -0.05) is 12.1 Å². The van der Waals surface area contributed by atoms with Crippen LogP contribution in [0.3, 0.4) is 0 Å². The molecule has 1 rings (SSSR count). The second-order valence-corrected chi connectivity index (χ2v) is 5.02. The van der Waals surface area contributed by atoms with Crippen LogP contribution in [-0.2, 0) is 4.74 Å². The molecule has 0 radical (unpaired) electrons. The third kappa shape index (κ3) is 5.59. The van der Waals surface area contributed by atoms with Gasteiger partial charge in [-0.05, 0) is 32.9 Å². The van der Waals surface area contributed by atoms with Crippen LogP contribution < -0.4 is 10.1 Å². The molecule has 0 amide bonds. The molecule has 0 heterocycles. The Morgan fingerprint density at radius 2 is 2.05 bits per heavy atom. The molecule has 0 unspecified atom stereocenters. The van der Waals surface area contributed by atoms with Gasteiger partial charge in [0.1, 0.15) is 17.9 Å². The van der Waals surface area contributed by atoms with E-state index in [1.807, 2.05) is 20.8 Å². The van der Waals surface area contributed by atoms with Crippen molar-refractivity contribution < 1.29 is 19.4 Å². The highest BCUT2D eigenvalue weighted by Gasteiger charge is 2.16. The molecule has 0 saturated heterocycles. The quantitative estimate of drug-likeness (QED) is 0.679. The van der Waals surface area contributed by atoms with Gasteiger partial charge in [-0.15, -0.1) is 0 Å². The van der Waals surface area contributed by atoms with Gasteiger partial charge in [0.05, 0.1) is 5.60 Å². The smallest absolute Gasteiger partial charge is 0.339 e. The van der Waals surface area contributed by atoms with Crippen LogP contribution in [0.2, 0.25) is 0 Å². The number of ether oxygens (including phenoxy) is 2. The number of para-hydroxylation sites is 1. The number of hydrogen-bond acceptors (Lipinski definition) is 4. The van der Waals surface area contributed by atoms with Crippen molar-refractivity contribution in [2.24, 2.45) is 0 Å². The van der Waals surface area contributed by atoms with Crippen molar-refractivity contribution in [1.82, 2.24) is 5.32 Å². The molecule has 1 aromatic carbocycles. The molecule has 5 nitrogen and oxygen atoms in total. The van der Waals surface area contributed by atoms with Gasteiger partial charge in [0.15, 0.2) is 0 Å². The van der Waals surface area contributed by atoms with Gasteiger partial charge in [-0.25, -0.2) is 4.79 Å². The van der Waals surface area contributed by atoms with Crippen LogP contribution in [0.1, 0.15) is 31.1 Å². The number of carbonyl (C=O) groups is 1. The Hall–Kier alpha value is -1.59. The van der Waals surface area contributed by atoms with E-state index in [0.29, 0.717) is 32.1 Å². The highest BCUT2D eigenvalue weighted by molar-refractivity contribution is 5.90. The lowest BCUT2D eigenvalue weighted by molar-refractivity contribution is -0.00902. The molecule has 0 aliphatic heterocycles. The lowest BCUT2D eigenvalue weighted by atomic mass is 10.1. The molecule has 5 heteroatoms. The number of carboxylic acids is 1. The molecule has 0 aliphatic rings. The fourth-order valence-corrected chi connectivity index (χ4v) is 1.83. The summed E-state index contributed by atoms with van der Waals surface area (Å²) < 4.78 is 11.1. The summed E-state index contributed by atoms with van der Waals surface area (Å²) in [4.78, 5) is 11.0. The van der Waals surface area contributed by atoms with E-state index in [-0.39, 0.29) is 11.2 Å². The van der Waals surface area contributed by atoms with Crippen molar-refractivity contribution in [3.8, 4) is 5.75 Å². The first-order valence-corrected chi connectivity index (χ1v) is 6.76. The van der Waals surface area contributed by atoms with Crippen molar-refractivity contribution in [2.45, 2.75) is 26.4 Å². The zero-order valence-electron chi connectivity index (χ0n) is 12.3. The summed E-state index contributed by atoms with van der Waals surface area (Å²) in [6, 6.07) is 6.63. The Labute approximate surface area is 119 Å². The second kappa shape index (κ2) is 7.87. The standard InChI is InChI=1S/C15H23NO4/c1-4-20-15(2,3)11-16-9-10-19-13-8-6-5-7-12(13)14(17)18/h5-8,16H,4,9-11H2,1-3H3,(H,17,18). The van der Waals surface area contributed by atoms with Gasteiger partial charge in [0.25, 0.3) is 0 Å². The summed E-state index contributed by atoms with van der Waals surface area (Å²) in [6.45, 7) is 8.43. The number of hydrogen-bond donors (Lipinski definition) is 2. The van der Waals surface area contributed by atoms with E-state index in [1.165, 1.54) is 6.07 Å².